The van der Waals surface area contributed by atoms with E-state index < -0.39 is 0 Å². The third-order valence-electron chi connectivity index (χ3n) is 3.10. The number of nitrogens with zero attached hydrogens (tertiary/aromatic N) is 1. The standard InChI is InChI=1S/C15H23NO4/c1-12-6-4-7-13(14(12)17)15(18)16(9-11-20-3)8-5-10-19-2/h4,6-7,17H,5,8-11H2,1-3H3. The molecule has 1 aromatic rings. The summed E-state index contributed by atoms with van der Waals surface area (Å²) < 4.78 is 10.0. The first-order valence-electron chi connectivity index (χ1n) is 6.67. The maximum absolute atomic E-state index is 12.5. The first kappa shape index (κ1) is 16.5. The first-order valence-corrected chi connectivity index (χ1v) is 6.67. The zero-order chi connectivity index (χ0) is 15.0. The number of phenolic OH excluding ortho intramolecular Hbond substituents is 1. The zero-order valence-corrected chi connectivity index (χ0v) is 12.4. The van der Waals surface area contributed by atoms with Gasteiger partial charge >= 0.3 is 0 Å². The van der Waals surface area contributed by atoms with E-state index >= 15 is 0 Å². The molecule has 1 rings (SSSR count). The van der Waals surface area contributed by atoms with Crippen LogP contribution in [0.1, 0.15) is 22.3 Å². The second-order valence-corrected chi connectivity index (χ2v) is 4.60. The fourth-order valence-electron chi connectivity index (χ4n) is 1.92. The van der Waals surface area contributed by atoms with Crippen molar-refractivity contribution >= 4 is 5.91 Å². The number of hydrogen-bond donors (Lipinski definition) is 1. The van der Waals surface area contributed by atoms with Gasteiger partial charge in [0.15, 0.2) is 0 Å². The molecule has 0 aromatic heterocycles. The second-order valence-electron chi connectivity index (χ2n) is 4.60. The van der Waals surface area contributed by atoms with E-state index in [4.69, 9.17) is 9.47 Å². The maximum Gasteiger partial charge on any atom is 0.257 e. The van der Waals surface area contributed by atoms with Crippen LogP contribution in [0, 0.1) is 6.92 Å². The van der Waals surface area contributed by atoms with Crippen molar-refractivity contribution in [1.29, 1.82) is 0 Å². The number of carbonyl (C=O) groups is 1. The van der Waals surface area contributed by atoms with Crippen LogP contribution in [-0.2, 0) is 9.47 Å². The Morgan fingerprint density at radius 3 is 2.55 bits per heavy atom. The average Bonchev–Trinajstić information content (AvgIpc) is 2.45. The lowest BCUT2D eigenvalue weighted by molar-refractivity contribution is 0.0671. The fraction of sp³-hybridized carbons (Fsp3) is 0.533. The molecule has 0 unspecified atom stereocenters. The molecule has 20 heavy (non-hydrogen) atoms. The highest BCUT2D eigenvalue weighted by atomic mass is 16.5. The highest BCUT2D eigenvalue weighted by Crippen LogP contribution is 2.22. The van der Waals surface area contributed by atoms with Crippen LogP contribution >= 0.6 is 0 Å². The molecule has 1 N–H and O–H groups in total. The van der Waals surface area contributed by atoms with Crippen molar-refractivity contribution in [2.75, 3.05) is 40.5 Å². The summed E-state index contributed by atoms with van der Waals surface area (Å²) in [4.78, 5) is 14.2. The number of amides is 1. The van der Waals surface area contributed by atoms with Crippen LogP contribution < -0.4 is 0 Å². The van der Waals surface area contributed by atoms with Gasteiger partial charge in [-0.05, 0) is 25.0 Å². The summed E-state index contributed by atoms with van der Waals surface area (Å²) in [6, 6.07) is 5.18. The van der Waals surface area contributed by atoms with Crippen LogP contribution in [0.25, 0.3) is 0 Å². The van der Waals surface area contributed by atoms with E-state index in [0.29, 0.717) is 37.4 Å². The topological polar surface area (TPSA) is 59.0 Å². The Morgan fingerprint density at radius 2 is 1.90 bits per heavy atom. The van der Waals surface area contributed by atoms with E-state index in [1.807, 2.05) is 0 Å². The van der Waals surface area contributed by atoms with E-state index in [9.17, 15) is 9.90 Å². The number of phenols is 1. The summed E-state index contributed by atoms with van der Waals surface area (Å²) >= 11 is 0. The third kappa shape index (κ3) is 4.51. The fourth-order valence-corrected chi connectivity index (χ4v) is 1.92. The number of carbonyl (C=O) groups excluding carboxylic acids is 1. The SMILES string of the molecule is COCCCN(CCOC)C(=O)c1cccc(C)c1O. The van der Waals surface area contributed by atoms with Crippen molar-refractivity contribution in [1.82, 2.24) is 4.90 Å². The number of methoxy groups -OCH3 is 2. The number of benzene rings is 1. The molecule has 0 saturated heterocycles. The summed E-state index contributed by atoms with van der Waals surface area (Å²) in [6.45, 7) is 3.90. The van der Waals surface area contributed by atoms with E-state index in [-0.39, 0.29) is 11.7 Å². The molecule has 0 saturated carbocycles. The van der Waals surface area contributed by atoms with Crippen LogP contribution in [0.4, 0.5) is 0 Å². The molecule has 0 radical (unpaired) electrons. The van der Waals surface area contributed by atoms with E-state index in [1.54, 1.807) is 44.2 Å². The lowest BCUT2D eigenvalue weighted by Crippen LogP contribution is -2.35. The van der Waals surface area contributed by atoms with Gasteiger partial charge in [0.25, 0.3) is 5.91 Å². The molecule has 0 fully saturated rings. The van der Waals surface area contributed by atoms with Gasteiger partial charge in [-0.25, -0.2) is 0 Å². The van der Waals surface area contributed by atoms with Gasteiger partial charge in [0.05, 0.1) is 12.2 Å². The van der Waals surface area contributed by atoms with Gasteiger partial charge in [-0.15, -0.1) is 0 Å². The molecular weight excluding hydrogens is 258 g/mol. The van der Waals surface area contributed by atoms with Crippen molar-refractivity contribution in [3.63, 3.8) is 0 Å². The molecule has 0 spiro atoms. The van der Waals surface area contributed by atoms with E-state index in [0.717, 1.165) is 6.42 Å². The molecule has 0 atom stereocenters. The van der Waals surface area contributed by atoms with Crippen molar-refractivity contribution in [2.24, 2.45) is 0 Å². The molecule has 1 aromatic carbocycles. The van der Waals surface area contributed by atoms with Gasteiger partial charge in [-0.2, -0.15) is 0 Å². The molecule has 0 heterocycles. The maximum atomic E-state index is 12.5. The third-order valence-corrected chi connectivity index (χ3v) is 3.10. The highest BCUT2D eigenvalue weighted by Gasteiger charge is 2.19. The molecule has 1 amide bonds. The largest absolute Gasteiger partial charge is 0.507 e. The first-order chi connectivity index (χ1) is 9.61. The Morgan fingerprint density at radius 1 is 1.20 bits per heavy atom. The van der Waals surface area contributed by atoms with E-state index in [1.165, 1.54) is 0 Å². The Hall–Kier alpha value is -1.59. The Bertz CT molecular complexity index is 434. The number of hydrogen-bond acceptors (Lipinski definition) is 4. The highest BCUT2D eigenvalue weighted by molar-refractivity contribution is 5.97. The Kier molecular flexibility index (Phi) is 7.04. The minimum atomic E-state index is -0.181. The average molecular weight is 281 g/mol. The summed E-state index contributed by atoms with van der Waals surface area (Å²) in [5.74, 6) is -0.133. The van der Waals surface area contributed by atoms with Gasteiger partial charge in [0.2, 0.25) is 0 Å². The molecule has 0 bridgehead atoms. The molecule has 0 aliphatic rings. The number of rotatable bonds is 8. The summed E-state index contributed by atoms with van der Waals surface area (Å²) in [6.07, 6.45) is 0.749. The van der Waals surface area contributed by atoms with E-state index in [2.05, 4.69) is 0 Å². The lowest BCUT2D eigenvalue weighted by Gasteiger charge is -2.23. The van der Waals surface area contributed by atoms with Gasteiger partial charge in [-0.1, -0.05) is 12.1 Å². The van der Waals surface area contributed by atoms with Gasteiger partial charge in [0.1, 0.15) is 5.75 Å². The number of aromatic hydroxyl groups is 1. The molecular formula is C15H23NO4. The van der Waals surface area contributed by atoms with Crippen molar-refractivity contribution in [3.05, 3.63) is 29.3 Å². The summed E-state index contributed by atoms with van der Waals surface area (Å²) in [5, 5.41) is 10.0. The summed E-state index contributed by atoms with van der Waals surface area (Å²) in [5.41, 5.74) is 1.03. The second kappa shape index (κ2) is 8.55. The number of ether oxygens (including phenoxy) is 2. The molecule has 0 aliphatic carbocycles. The molecule has 0 aliphatic heterocycles. The monoisotopic (exact) mass is 281 g/mol. The minimum Gasteiger partial charge on any atom is -0.507 e. The summed E-state index contributed by atoms with van der Waals surface area (Å²) in [7, 11) is 3.23. The predicted molar refractivity (Wildman–Crippen MR) is 77.1 cm³/mol. The Labute approximate surface area is 120 Å². The van der Waals surface area contributed by atoms with Crippen molar-refractivity contribution < 1.29 is 19.4 Å². The van der Waals surface area contributed by atoms with Gasteiger partial charge < -0.3 is 19.5 Å². The van der Waals surface area contributed by atoms with Crippen LogP contribution in [-0.4, -0.2) is 56.4 Å². The van der Waals surface area contributed by atoms with Crippen molar-refractivity contribution in [2.45, 2.75) is 13.3 Å². The molecule has 112 valence electrons. The molecule has 5 nitrogen and oxygen atoms in total. The van der Waals surface area contributed by atoms with Crippen LogP contribution in [0.3, 0.4) is 0 Å². The lowest BCUT2D eigenvalue weighted by atomic mass is 10.1. The van der Waals surface area contributed by atoms with Crippen LogP contribution in [0.15, 0.2) is 18.2 Å². The van der Waals surface area contributed by atoms with Crippen molar-refractivity contribution in [3.8, 4) is 5.75 Å². The Balaban J connectivity index is 2.82. The molecule has 5 heteroatoms. The number of para-hydroxylation sites is 1. The normalized spacial score (nSPS) is 10.6. The van der Waals surface area contributed by atoms with Gasteiger partial charge in [-0.3, -0.25) is 4.79 Å². The van der Waals surface area contributed by atoms with Crippen LogP contribution in [0.5, 0.6) is 5.75 Å². The van der Waals surface area contributed by atoms with Crippen LogP contribution in [0.2, 0.25) is 0 Å². The minimum absolute atomic E-state index is 0.0478. The quantitative estimate of drug-likeness (QED) is 0.739. The smallest absolute Gasteiger partial charge is 0.257 e. The number of aryl methyl sites for hydroxylation is 1. The zero-order valence-electron chi connectivity index (χ0n) is 12.4. The van der Waals surface area contributed by atoms with Gasteiger partial charge in [0, 0.05) is 33.9 Å². The predicted octanol–water partition coefficient (Wildman–Crippen LogP) is 1.83.